The monoisotopic (exact) mass is 330 g/mol. The first kappa shape index (κ1) is 17.0. The van der Waals surface area contributed by atoms with Gasteiger partial charge in [0.25, 0.3) is 5.91 Å². The molecule has 0 bridgehead atoms. The number of piperidine rings is 1. The van der Waals surface area contributed by atoms with Gasteiger partial charge in [0, 0.05) is 43.2 Å². The highest BCUT2D eigenvalue weighted by Crippen LogP contribution is 2.27. The topological polar surface area (TPSA) is 56.9 Å². The first-order valence-electron chi connectivity index (χ1n) is 8.70. The molecule has 2 heterocycles. The molecule has 5 nitrogen and oxygen atoms in total. The van der Waals surface area contributed by atoms with Crippen LogP contribution < -0.4 is 0 Å². The van der Waals surface area contributed by atoms with Gasteiger partial charge in [0.2, 0.25) is 0 Å². The van der Waals surface area contributed by atoms with Crippen molar-refractivity contribution in [2.75, 3.05) is 33.3 Å². The van der Waals surface area contributed by atoms with Gasteiger partial charge in [-0.05, 0) is 39.3 Å². The first-order valence-corrected chi connectivity index (χ1v) is 8.70. The van der Waals surface area contributed by atoms with E-state index in [2.05, 4.69) is 11.9 Å². The van der Waals surface area contributed by atoms with E-state index in [4.69, 9.17) is 9.52 Å². The van der Waals surface area contributed by atoms with Crippen LogP contribution in [0.5, 0.6) is 0 Å². The molecule has 0 saturated carbocycles. The van der Waals surface area contributed by atoms with Gasteiger partial charge in [-0.1, -0.05) is 18.2 Å². The van der Waals surface area contributed by atoms with Gasteiger partial charge in [0.05, 0.1) is 0 Å². The smallest absolute Gasteiger partial charge is 0.289 e. The van der Waals surface area contributed by atoms with E-state index in [1.807, 2.05) is 36.1 Å². The van der Waals surface area contributed by atoms with Gasteiger partial charge < -0.3 is 19.3 Å². The number of para-hydroxylation sites is 1. The van der Waals surface area contributed by atoms with Crippen molar-refractivity contribution in [3.8, 4) is 0 Å². The number of nitrogens with zero attached hydrogens (tertiary/aromatic N) is 2. The van der Waals surface area contributed by atoms with Crippen LogP contribution in [-0.4, -0.2) is 60.1 Å². The molecule has 0 atom stereocenters. The zero-order valence-corrected chi connectivity index (χ0v) is 14.5. The van der Waals surface area contributed by atoms with Gasteiger partial charge in [-0.25, -0.2) is 0 Å². The lowest BCUT2D eigenvalue weighted by atomic mass is 10.0. The molecular formula is C19H26N2O3. The Morgan fingerprint density at radius 3 is 2.71 bits per heavy atom. The summed E-state index contributed by atoms with van der Waals surface area (Å²) in [5.41, 5.74) is 1.70. The van der Waals surface area contributed by atoms with Gasteiger partial charge in [0.15, 0.2) is 5.76 Å². The number of rotatable bonds is 5. The van der Waals surface area contributed by atoms with Crippen molar-refractivity contribution in [2.24, 2.45) is 0 Å². The zero-order chi connectivity index (χ0) is 17.1. The van der Waals surface area contributed by atoms with Crippen molar-refractivity contribution in [1.29, 1.82) is 0 Å². The van der Waals surface area contributed by atoms with Crippen LogP contribution in [0.15, 0.2) is 28.7 Å². The number of aryl methyl sites for hydroxylation is 1. The normalized spacial score (nSPS) is 16.2. The number of amides is 1. The second-order valence-corrected chi connectivity index (χ2v) is 6.63. The van der Waals surface area contributed by atoms with Crippen molar-refractivity contribution >= 4 is 16.9 Å². The van der Waals surface area contributed by atoms with E-state index in [0.717, 1.165) is 55.4 Å². The molecule has 1 amide bonds. The molecule has 0 unspecified atom stereocenters. The van der Waals surface area contributed by atoms with Gasteiger partial charge in [-0.3, -0.25) is 4.79 Å². The molecule has 1 fully saturated rings. The zero-order valence-electron chi connectivity index (χ0n) is 14.5. The van der Waals surface area contributed by atoms with E-state index in [1.54, 1.807) is 0 Å². The molecule has 1 aliphatic heterocycles. The van der Waals surface area contributed by atoms with E-state index >= 15 is 0 Å². The minimum atomic E-state index is 0.000149. The lowest BCUT2D eigenvalue weighted by Crippen LogP contribution is -2.45. The highest BCUT2D eigenvalue weighted by Gasteiger charge is 2.28. The summed E-state index contributed by atoms with van der Waals surface area (Å²) >= 11 is 0. The number of fused-ring (bicyclic) bond motifs is 1. The number of hydrogen-bond donors (Lipinski definition) is 1. The van der Waals surface area contributed by atoms with Gasteiger partial charge >= 0.3 is 0 Å². The summed E-state index contributed by atoms with van der Waals surface area (Å²) in [5.74, 6) is 0.475. The second-order valence-electron chi connectivity index (χ2n) is 6.63. The van der Waals surface area contributed by atoms with Crippen LogP contribution in [0, 0.1) is 6.92 Å². The molecule has 1 aliphatic rings. The third-order valence-electron chi connectivity index (χ3n) is 5.08. The quantitative estimate of drug-likeness (QED) is 0.916. The molecule has 1 N–H and O–H groups in total. The largest absolute Gasteiger partial charge is 0.451 e. The molecule has 0 spiro atoms. The molecule has 1 aromatic heterocycles. The number of aliphatic hydroxyl groups excluding tert-OH is 1. The van der Waals surface area contributed by atoms with Crippen molar-refractivity contribution in [1.82, 2.24) is 9.80 Å². The standard InChI is InChI=1S/C19H26N2O3/c1-14-16-6-3-4-7-17(16)24-18(14)19(23)21-11-8-15(9-12-21)20(2)10-5-13-22/h3-4,6-7,15,22H,5,8-13H2,1-2H3. The van der Waals surface area contributed by atoms with Crippen LogP contribution in [-0.2, 0) is 0 Å². The van der Waals surface area contributed by atoms with E-state index in [9.17, 15) is 4.79 Å². The minimum absolute atomic E-state index is 0.000149. The van der Waals surface area contributed by atoms with Crippen LogP contribution in [0.1, 0.15) is 35.4 Å². The number of furan rings is 1. The molecule has 5 heteroatoms. The van der Waals surface area contributed by atoms with E-state index in [1.165, 1.54) is 0 Å². The predicted molar refractivity (Wildman–Crippen MR) is 94.2 cm³/mol. The number of carbonyl (C=O) groups is 1. The summed E-state index contributed by atoms with van der Waals surface area (Å²) in [4.78, 5) is 17.0. The summed E-state index contributed by atoms with van der Waals surface area (Å²) in [7, 11) is 2.10. The maximum absolute atomic E-state index is 12.8. The van der Waals surface area contributed by atoms with Gasteiger partial charge in [-0.2, -0.15) is 0 Å². The first-order chi connectivity index (χ1) is 11.6. The highest BCUT2D eigenvalue weighted by atomic mass is 16.3. The van der Waals surface area contributed by atoms with Crippen molar-refractivity contribution < 1.29 is 14.3 Å². The summed E-state index contributed by atoms with van der Waals surface area (Å²) < 4.78 is 5.81. The fourth-order valence-electron chi connectivity index (χ4n) is 3.53. The average molecular weight is 330 g/mol. The maximum Gasteiger partial charge on any atom is 0.289 e. The molecule has 0 aliphatic carbocycles. The second kappa shape index (κ2) is 7.36. The molecule has 130 valence electrons. The summed E-state index contributed by atoms with van der Waals surface area (Å²) in [6, 6.07) is 8.27. The summed E-state index contributed by atoms with van der Waals surface area (Å²) in [6.07, 6.45) is 2.73. The number of aliphatic hydroxyl groups is 1. The fraction of sp³-hybridized carbons (Fsp3) is 0.526. The lowest BCUT2D eigenvalue weighted by Gasteiger charge is -2.36. The lowest BCUT2D eigenvalue weighted by molar-refractivity contribution is 0.0612. The number of benzene rings is 1. The molecule has 2 aromatic rings. The Kier molecular flexibility index (Phi) is 5.21. The summed E-state index contributed by atoms with van der Waals surface area (Å²) in [6.45, 7) is 4.59. The van der Waals surface area contributed by atoms with Gasteiger partial charge in [-0.15, -0.1) is 0 Å². The molecular weight excluding hydrogens is 304 g/mol. The molecule has 3 rings (SSSR count). The molecule has 0 radical (unpaired) electrons. The third kappa shape index (κ3) is 3.32. The van der Waals surface area contributed by atoms with E-state index < -0.39 is 0 Å². The minimum Gasteiger partial charge on any atom is -0.451 e. The van der Waals surface area contributed by atoms with E-state index in [0.29, 0.717) is 11.8 Å². The van der Waals surface area contributed by atoms with Crippen LogP contribution in [0.2, 0.25) is 0 Å². The maximum atomic E-state index is 12.8. The Morgan fingerprint density at radius 2 is 2.04 bits per heavy atom. The van der Waals surface area contributed by atoms with Gasteiger partial charge in [0.1, 0.15) is 5.58 Å². The number of hydrogen-bond acceptors (Lipinski definition) is 4. The van der Waals surface area contributed by atoms with Crippen molar-refractivity contribution in [3.05, 3.63) is 35.6 Å². The van der Waals surface area contributed by atoms with Crippen LogP contribution in [0.25, 0.3) is 11.0 Å². The Hall–Kier alpha value is -1.85. The molecule has 1 saturated heterocycles. The van der Waals surface area contributed by atoms with Crippen LogP contribution in [0.3, 0.4) is 0 Å². The number of carbonyl (C=O) groups excluding carboxylic acids is 1. The Balaban J connectivity index is 1.65. The predicted octanol–water partition coefficient (Wildman–Crippen LogP) is 2.66. The van der Waals surface area contributed by atoms with E-state index in [-0.39, 0.29) is 12.5 Å². The van der Waals surface area contributed by atoms with Crippen LogP contribution >= 0.6 is 0 Å². The third-order valence-corrected chi connectivity index (χ3v) is 5.08. The molecule has 1 aromatic carbocycles. The Bertz CT molecular complexity index is 702. The fourth-order valence-corrected chi connectivity index (χ4v) is 3.53. The van der Waals surface area contributed by atoms with Crippen molar-refractivity contribution in [3.63, 3.8) is 0 Å². The number of likely N-dealkylation sites (tertiary alicyclic amines) is 1. The SMILES string of the molecule is Cc1c(C(=O)N2CCC(N(C)CCCO)CC2)oc2ccccc12. The average Bonchev–Trinajstić information content (AvgIpc) is 2.96. The highest BCUT2D eigenvalue weighted by molar-refractivity contribution is 5.98. The van der Waals surface area contributed by atoms with Crippen LogP contribution in [0.4, 0.5) is 0 Å². The molecule has 24 heavy (non-hydrogen) atoms. The Labute approximate surface area is 142 Å². The Morgan fingerprint density at radius 1 is 1.33 bits per heavy atom. The summed E-state index contributed by atoms with van der Waals surface area (Å²) in [5, 5.41) is 9.96. The van der Waals surface area contributed by atoms with Crippen molar-refractivity contribution in [2.45, 2.75) is 32.2 Å².